The second-order valence-corrected chi connectivity index (χ2v) is 16.6. The number of amides is 4. The predicted molar refractivity (Wildman–Crippen MR) is 216 cm³/mol. The Kier molecular flexibility index (Phi) is 10.5. The summed E-state index contributed by atoms with van der Waals surface area (Å²) in [6, 6.07) is 25.1. The van der Waals surface area contributed by atoms with Crippen LogP contribution in [0.25, 0.3) is 0 Å². The minimum absolute atomic E-state index is 0.0314. The number of likely N-dealkylation sites (tertiary alicyclic amines) is 2. The number of rotatable bonds is 8. The highest BCUT2D eigenvalue weighted by Gasteiger charge is 2.48. The number of nitrogens with one attached hydrogen (secondary N) is 2. The van der Waals surface area contributed by atoms with Crippen molar-refractivity contribution >= 4 is 40.7 Å². The van der Waals surface area contributed by atoms with Gasteiger partial charge in [-0.3, -0.25) is 19.2 Å². The third kappa shape index (κ3) is 7.03. The van der Waals surface area contributed by atoms with Crippen molar-refractivity contribution in [2.45, 2.75) is 128 Å². The molecule has 5 aliphatic rings. The molecule has 0 spiro atoms. The van der Waals surface area contributed by atoms with Gasteiger partial charge in [0, 0.05) is 78.6 Å². The molecule has 3 aromatic rings. The van der Waals surface area contributed by atoms with Crippen LogP contribution in [0.5, 0.6) is 0 Å². The smallest absolute Gasteiger partial charge is 0.254 e. The molecule has 0 unspecified atom stereocenters. The molecule has 4 heterocycles. The molecule has 8 rings (SSSR count). The molecule has 2 bridgehead atoms. The lowest BCUT2D eigenvalue weighted by Crippen LogP contribution is -2.52. The van der Waals surface area contributed by atoms with Gasteiger partial charge >= 0.3 is 0 Å². The Morgan fingerprint density at radius 1 is 0.636 bits per heavy atom. The van der Waals surface area contributed by atoms with Crippen LogP contribution in [0.15, 0.2) is 72.8 Å². The van der Waals surface area contributed by atoms with Crippen molar-refractivity contribution in [2.75, 3.05) is 28.2 Å². The standard InChI is InChI=1S/C45H56N6O4/c1-5-42(52)50-28(3)23-38(36-11-7-9-13-40(36)50)46-32-19-15-30(16-20-32)44(54)48-26-35-25-34(48)27-49(35)45(55)31-17-21-33(22-18-31)47-39-24-29(4)51(43(53)6-2)41-14-10-8-12-37(39)41/h7-16,19-20,28-29,31,33-35,38-39,46-47H,5-6,17-18,21-27H2,1-4H3/t28-,29-,31?,33?,34+,35+,38+,39+/m0/s1. The Labute approximate surface area is 325 Å². The maximum atomic E-state index is 13.9. The van der Waals surface area contributed by atoms with Gasteiger partial charge in [0.05, 0.1) is 18.1 Å². The molecule has 1 aliphatic carbocycles. The first-order valence-electron chi connectivity index (χ1n) is 20.7. The van der Waals surface area contributed by atoms with Crippen LogP contribution in [-0.4, -0.2) is 76.7 Å². The van der Waals surface area contributed by atoms with Crippen molar-refractivity contribution in [1.29, 1.82) is 0 Å². The van der Waals surface area contributed by atoms with Crippen LogP contribution in [-0.2, 0) is 14.4 Å². The van der Waals surface area contributed by atoms with E-state index >= 15 is 0 Å². The van der Waals surface area contributed by atoms with Gasteiger partial charge in [-0.25, -0.2) is 0 Å². The lowest BCUT2D eigenvalue weighted by Gasteiger charge is -2.42. The number of carbonyl (C=O) groups excluding carboxylic acids is 4. The topological polar surface area (TPSA) is 105 Å². The van der Waals surface area contributed by atoms with E-state index < -0.39 is 0 Å². The highest BCUT2D eigenvalue weighted by Crippen LogP contribution is 2.41. The molecule has 6 atom stereocenters. The summed E-state index contributed by atoms with van der Waals surface area (Å²) < 4.78 is 0. The van der Waals surface area contributed by atoms with E-state index in [0.29, 0.717) is 37.5 Å². The van der Waals surface area contributed by atoms with Crippen LogP contribution >= 0.6 is 0 Å². The zero-order valence-corrected chi connectivity index (χ0v) is 32.7. The molecule has 2 N–H and O–H groups in total. The van der Waals surface area contributed by atoms with E-state index in [2.05, 4.69) is 53.6 Å². The monoisotopic (exact) mass is 744 g/mol. The van der Waals surface area contributed by atoms with E-state index in [1.54, 1.807) is 0 Å². The first-order valence-corrected chi connectivity index (χ1v) is 20.7. The summed E-state index contributed by atoms with van der Waals surface area (Å²) in [5, 5.41) is 7.59. The molecule has 10 nitrogen and oxygen atoms in total. The number of fused-ring (bicyclic) bond motifs is 4. The molecular formula is C45H56N6O4. The summed E-state index contributed by atoms with van der Waals surface area (Å²) >= 11 is 0. The maximum absolute atomic E-state index is 13.9. The SMILES string of the molecule is CCC(=O)N1c2ccccc2[C@H](Nc2ccc(C(=O)N3C[C@H]4C[C@@H]3CN4C(=O)C3CCC(N[C@@H]4C[C@H](C)N(C(=O)CC)c5ccccc54)CC3)cc2)C[C@@H]1C. The van der Waals surface area contributed by atoms with Crippen LogP contribution < -0.4 is 20.4 Å². The van der Waals surface area contributed by atoms with Gasteiger partial charge in [-0.1, -0.05) is 50.2 Å². The molecule has 10 heteroatoms. The molecule has 4 amide bonds. The number of hydrogen-bond acceptors (Lipinski definition) is 6. The number of carbonyl (C=O) groups is 4. The number of nitrogens with zero attached hydrogens (tertiary/aromatic N) is 4. The number of benzene rings is 3. The Morgan fingerprint density at radius 2 is 1.16 bits per heavy atom. The summed E-state index contributed by atoms with van der Waals surface area (Å²) in [5.41, 5.74) is 5.90. The molecular weight excluding hydrogens is 689 g/mol. The van der Waals surface area contributed by atoms with Gasteiger partial charge in [0.2, 0.25) is 17.7 Å². The van der Waals surface area contributed by atoms with Gasteiger partial charge in [-0.05, 0) is 106 Å². The normalized spacial score (nSPS) is 28.4. The van der Waals surface area contributed by atoms with Crippen molar-refractivity contribution in [2.24, 2.45) is 5.92 Å². The van der Waals surface area contributed by atoms with E-state index in [1.807, 2.05) is 77.1 Å². The van der Waals surface area contributed by atoms with E-state index in [1.165, 1.54) is 5.56 Å². The molecule has 0 aromatic heterocycles. The fourth-order valence-electron chi connectivity index (χ4n) is 10.3. The average molecular weight is 745 g/mol. The lowest BCUT2D eigenvalue weighted by molar-refractivity contribution is -0.138. The van der Waals surface area contributed by atoms with E-state index in [-0.39, 0.29) is 65.8 Å². The van der Waals surface area contributed by atoms with E-state index in [4.69, 9.17) is 0 Å². The van der Waals surface area contributed by atoms with Gasteiger partial charge < -0.3 is 30.2 Å². The summed E-state index contributed by atoms with van der Waals surface area (Å²) in [4.78, 5) is 61.1. The third-order valence-corrected chi connectivity index (χ3v) is 13.1. The van der Waals surface area contributed by atoms with Crippen molar-refractivity contribution in [1.82, 2.24) is 15.1 Å². The molecule has 4 aliphatic heterocycles. The van der Waals surface area contributed by atoms with Gasteiger partial charge in [0.25, 0.3) is 5.91 Å². The molecule has 2 saturated heterocycles. The first kappa shape index (κ1) is 37.2. The zero-order valence-electron chi connectivity index (χ0n) is 32.7. The van der Waals surface area contributed by atoms with Gasteiger partial charge in [-0.2, -0.15) is 0 Å². The zero-order chi connectivity index (χ0) is 38.4. The maximum Gasteiger partial charge on any atom is 0.254 e. The fraction of sp³-hybridized carbons (Fsp3) is 0.511. The van der Waals surface area contributed by atoms with Crippen molar-refractivity contribution in [3.05, 3.63) is 89.5 Å². The number of hydrogen-bond donors (Lipinski definition) is 2. The Bertz CT molecular complexity index is 1920. The Morgan fingerprint density at radius 3 is 1.73 bits per heavy atom. The fourth-order valence-corrected chi connectivity index (χ4v) is 10.3. The highest BCUT2D eigenvalue weighted by atomic mass is 16.2. The highest BCUT2D eigenvalue weighted by molar-refractivity contribution is 5.97. The Balaban J connectivity index is 0.834. The summed E-state index contributed by atoms with van der Waals surface area (Å²) in [5.74, 6) is 0.631. The van der Waals surface area contributed by atoms with Crippen LogP contribution in [0, 0.1) is 5.92 Å². The molecule has 0 radical (unpaired) electrons. The Hall–Kier alpha value is -4.70. The number of piperazine rings is 1. The van der Waals surface area contributed by atoms with Crippen molar-refractivity contribution < 1.29 is 19.2 Å². The van der Waals surface area contributed by atoms with E-state index in [0.717, 1.165) is 67.6 Å². The van der Waals surface area contributed by atoms with Crippen LogP contribution in [0.2, 0.25) is 0 Å². The number of anilines is 3. The summed E-state index contributed by atoms with van der Waals surface area (Å²) in [6.07, 6.45) is 7.16. The summed E-state index contributed by atoms with van der Waals surface area (Å²) in [7, 11) is 0. The van der Waals surface area contributed by atoms with Crippen LogP contribution in [0.3, 0.4) is 0 Å². The van der Waals surface area contributed by atoms with Crippen LogP contribution in [0.1, 0.15) is 119 Å². The second-order valence-electron chi connectivity index (χ2n) is 16.6. The van der Waals surface area contributed by atoms with Crippen molar-refractivity contribution in [3.8, 4) is 0 Å². The average Bonchev–Trinajstić information content (AvgIpc) is 3.83. The van der Waals surface area contributed by atoms with E-state index in [9.17, 15) is 19.2 Å². The number of para-hydroxylation sites is 2. The molecule has 3 fully saturated rings. The van der Waals surface area contributed by atoms with Gasteiger partial charge in [0.1, 0.15) is 0 Å². The minimum atomic E-state index is 0.0314. The summed E-state index contributed by atoms with van der Waals surface area (Å²) in [6.45, 7) is 9.29. The molecule has 3 aromatic carbocycles. The minimum Gasteiger partial charge on any atom is -0.378 e. The van der Waals surface area contributed by atoms with Gasteiger partial charge in [0.15, 0.2) is 0 Å². The lowest BCUT2D eigenvalue weighted by atomic mass is 9.83. The molecule has 1 saturated carbocycles. The van der Waals surface area contributed by atoms with Crippen LogP contribution in [0.4, 0.5) is 17.1 Å². The largest absolute Gasteiger partial charge is 0.378 e. The molecule has 55 heavy (non-hydrogen) atoms. The quantitative estimate of drug-likeness (QED) is 0.253. The second kappa shape index (κ2) is 15.4. The van der Waals surface area contributed by atoms with Gasteiger partial charge in [-0.15, -0.1) is 0 Å². The predicted octanol–water partition coefficient (Wildman–Crippen LogP) is 7.23. The first-order chi connectivity index (χ1) is 26.6. The molecule has 290 valence electrons. The third-order valence-electron chi connectivity index (χ3n) is 13.1. The van der Waals surface area contributed by atoms with Crippen molar-refractivity contribution in [3.63, 3.8) is 0 Å².